The Morgan fingerprint density at radius 3 is 3.00 bits per heavy atom. The molecule has 0 fully saturated rings. The van der Waals surface area contributed by atoms with E-state index < -0.39 is 0 Å². The summed E-state index contributed by atoms with van der Waals surface area (Å²) in [7, 11) is 2.00. The Kier molecular flexibility index (Phi) is 1.18. The zero-order chi connectivity index (χ0) is 7.84. The Morgan fingerprint density at radius 1 is 1.45 bits per heavy atom. The zero-order valence-corrected chi connectivity index (χ0v) is 6.57. The summed E-state index contributed by atoms with van der Waals surface area (Å²) in [5, 5.41) is 9.01. The van der Waals surface area contributed by atoms with Gasteiger partial charge in [-0.15, -0.1) is 0 Å². The molecule has 0 aliphatic heterocycles. The maximum atomic E-state index is 3.96. The van der Waals surface area contributed by atoms with E-state index >= 15 is 0 Å². The summed E-state index contributed by atoms with van der Waals surface area (Å²) >= 11 is 0. The Bertz CT molecular complexity index is 389. The second kappa shape index (κ2) is 2.05. The molecule has 0 spiro atoms. The molecule has 0 atom stereocenters. The molecule has 0 aliphatic rings. The van der Waals surface area contributed by atoms with Gasteiger partial charge in [-0.2, -0.15) is 10.2 Å². The summed E-state index contributed by atoms with van der Waals surface area (Å²) in [6.45, 7) is 1.97. The van der Waals surface area contributed by atoms with Crippen LogP contribution in [0.5, 0.6) is 0 Å². The summed E-state index contributed by atoms with van der Waals surface area (Å²) in [6, 6.07) is 2.05. The van der Waals surface area contributed by atoms with Crippen molar-refractivity contribution in [3.8, 4) is 0 Å². The molecule has 0 saturated carbocycles. The van der Waals surface area contributed by atoms with E-state index in [1.807, 2.05) is 24.7 Å². The normalized spacial score (nSPS) is 10.7. The summed E-state index contributed by atoms with van der Waals surface area (Å²) < 4.78 is 2.04. The first-order valence-electron chi connectivity index (χ1n) is 3.52. The van der Waals surface area contributed by atoms with Crippen LogP contribution in [0.1, 0.15) is 5.69 Å². The molecule has 0 bridgehead atoms. The largest absolute Gasteiger partial charge is 0.349 e. The van der Waals surface area contributed by atoms with Crippen molar-refractivity contribution in [1.29, 1.82) is 0 Å². The van der Waals surface area contributed by atoms with Crippen molar-refractivity contribution >= 4 is 10.9 Å². The van der Waals surface area contributed by atoms with E-state index in [0.29, 0.717) is 0 Å². The summed E-state index contributed by atoms with van der Waals surface area (Å²) in [4.78, 5) is 0. The first-order chi connectivity index (χ1) is 5.29. The number of nitrogens with zero attached hydrogens (tertiary/aromatic N) is 3. The molecule has 0 saturated heterocycles. The minimum absolute atomic E-state index is 0.989. The van der Waals surface area contributed by atoms with Crippen LogP contribution >= 0.6 is 0 Å². The van der Waals surface area contributed by atoms with Gasteiger partial charge in [0.05, 0.1) is 17.4 Å². The van der Waals surface area contributed by atoms with Crippen molar-refractivity contribution in [2.45, 2.75) is 6.92 Å². The molecular formula is C8H9N3. The molecule has 2 aromatic rings. The van der Waals surface area contributed by atoms with E-state index in [2.05, 4.69) is 16.3 Å². The fraction of sp³-hybridized carbons (Fsp3) is 0.250. The van der Waals surface area contributed by atoms with Crippen LogP contribution < -0.4 is 0 Å². The monoisotopic (exact) mass is 147 g/mol. The standard InChI is InChI=1S/C8H9N3/c1-6-7-3-4-11(2)8(7)5-9-10-6/h3-5H,1-2H3. The molecule has 0 radical (unpaired) electrons. The molecule has 0 unspecified atom stereocenters. The van der Waals surface area contributed by atoms with Gasteiger partial charge in [0.25, 0.3) is 0 Å². The maximum absolute atomic E-state index is 3.96. The van der Waals surface area contributed by atoms with Gasteiger partial charge in [-0.05, 0) is 13.0 Å². The molecule has 3 nitrogen and oxygen atoms in total. The Balaban J connectivity index is 2.94. The van der Waals surface area contributed by atoms with Gasteiger partial charge < -0.3 is 4.57 Å². The molecule has 0 N–H and O–H groups in total. The van der Waals surface area contributed by atoms with Crippen LogP contribution in [-0.4, -0.2) is 14.8 Å². The minimum atomic E-state index is 0.989. The van der Waals surface area contributed by atoms with Gasteiger partial charge in [-0.1, -0.05) is 0 Å². The lowest BCUT2D eigenvalue weighted by Crippen LogP contribution is -1.89. The quantitative estimate of drug-likeness (QED) is 0.562. The van der Waals surface area contributed by atoms with Gasteiger partial charge >= 0.3 is 0 Å². The van der Waals surface area contributed by atoms with Crippen LogP contribution in [0.2, 0.25) is 0 Å². The molecule has 2 rings (SSSR count). The second-order valence-electron chi connectivity index (χ2n) is 2.66. The molecule has 56 valence electrons. The third kappa shape index (κ3) is 0.808. The number of fused-ring (bicyclic) bond motifs is 1. The molecule has 11 heavy (non-hydrogen) atoms. The lowest BCUT2D eigenvalue weighted by molar-refractivity contribution is 0.943. The van der Waals surface area contributed by atoms with Gasteiger partial charge in [-0.3, -0.25) is 0 Å². The van der Waals surface area contributed by atoms with E-state index in [9.17, 15) is 0 Å². The molecule has 0 amide bonds. The summed E-state index contributed by atoms with van der Waals surface area (Å²) in [5.74, 6) is 0. The topological polar surface area (TPSA) is 30.7 Å². The number of aryl methyl sites for hydroxylation is 2. The third-order valence-corrected chi connectivity index (χ3v) is 1.90. The zero-order valence-electron chi connectivity index (χ0n) is 6.57. The Labute approximate surface area is 64.7 Å². The highest BCUT2D eigenvalue weighted by Gasteiger charge is 2.00. The number of rotatable bonds is 0. The Morgan fingerprint density at radius 2 is 2.27 bits per heavy atom. The number of aromatic nitrogens is 3. The van der Waals surface area contributed by atoms with E-state index in [4.69, 9.17) is 0 Å². The lowest BCUT2D eigenvalue weighted by atomic mass is 10.3. The van der Waals surface area contributed by atoms with E-state index in [0.717, 1.165) is 11.2 Å². The molecule has 2 aromatic heterocycles. The second-order valence-corrected chi connectivity index (χ2v) is 2.66. The molecular weight excluding hydrogens is 138 g/mol. The van der Waals surface area contributed by atoms with Crippen molar-refractivity contribution in [1.82, 2.24) is 14.8 Å². The molecule has 0 aromatic carbocycles. The first-order valence-corrected chi connectivity index (χ1v) is 3.52. The summed E-state index contributed by atoms with van der Waals surface area (Å²) in [6.07, 6.45) is 3.80. The maximum Gasteiger partial charge on any atom is 0.0739 e. The van der Waals surface area contributed by atoms with Crippen LogP contribution in [0.25, 0.3) is 10.9 Å². The van der Waals surface area contributed by atoms with E-state index in [1.54, 1.807) is 6.20 Å². The third-order valence-electron chi connectivity index (χ3n) is 1.90. The number of hydrogen-bond acceptors (Lipinski definition) is 2. The van der Waals surface area contributed by atoms with E-state index in [1.165, 1.54) is 5.39 Å². The van der Waals surface area contributed by atoms with Crippen molar-refractivity contribution in [2.75, 3.05) is 0 Å². The number of hydrogen-bond donors (Lipinski definition) is 0. The van der Waals surface area contributed by atoms with Crippen molar-refractivity contribution in [2.24, 2.45) is 7.05 Å². The van der Waals surface area contributed by atoms with Crippen LogP contribution in [0, 0.1) is 6.92 Å². The van der Waals surface area contributed by atoms with Crippen LogP contribution in [0.3, 0.4) is 0 Å². The van der Waals surface area contributed by atoms with Crippen LogP contribution in [-0.2, 0) is 7.05 Å². The van der Waals surface area contributed by atoms with Crippen LogP contribution in [0.15, 0.2) is 18.5 Å². The highest BCUT2D eigenvalue weighted by Crippen LogP contribution is 2.14. The Hall–Kier alpha value is -1.38. The lowest BCUT2D eigenvalue weighted by Gasteiger charge is -1.94. The smallest absolute Gasteiger partial charge is 0.0739 e. The fourth-order valence-corrected chi connectivity index (χ4v) is 1.23. The van der Waals surface area contributed by atoms with Gasteiger partial charge in [0.15, 0.2) is 0 Å². The van der Waals surface area contributed by atoms with Crippen molar-refractivity contribution in [3.63, 3.8) is 0 Å². The highest BCUT2D eigenvalue weighted by molar-refractivity contribution is 5.80. The predicted octanol–water partition coefficient (Wildman–Crippen LogP) is 1.28. The minimum Gasteiger partial charge on any atom is -0.349 e. The molecule has 0 aliphatic carbocycles. The SMILES string of the molecule is Cc1nncc2c1ccn2C. The van der Waals surface area contributed by atoms with Gasteiger partial charge in [0.1, 0.15) is 0 Å². The highest BCUT2D eigenvalue weighted by atomic mass is 15.1. The van der Waals surface area contributed by atoms with Crippen molar-refractivity contribution in [3.05, 3.63) is 24.2 Å². The van der Waals surface area contributed by atoms with Gasteiger partial charge in [-0.25, -0.2) is 0 Å². The van der Waals surface area contributed by atoms with Crippen LogP contribution in [0.4, 0.5) is 0 Å². The van der Waals surface area contributed by atoms with Gasteiger partial charge in [0, 0.05) is 18.6 Å². The van der Waals surface area contributed by atoms with E-state index in [-0.39, 0.29) is 0 Å². The molecule has 3 heteroatoms. The van der Waals surface area contributed by atoms with Crippen molar-refractivity contribution < 1.29 is 0 Å². The average molecular weight is 147 g/mol. The van der Waals surface area contributed by atoms with Gasteiger partial charge in [0.2, 0.25) is 0 Å². The first kappa shape index (κ1) is 6.34. The predicted molar refractivity (Wildman–Crippen MR) is 43.2 cm³/mol. The molecule has 2 heterocycles. The summed E-state index contributed by atoms with van der Waals surface area (Å²) in [5.41, 5.74) is 2.13. The fourth-order valence-electron chi connectivity index (χ4n) is 1.23. The average Bonchev–Trinajstić information content (AvgIpc) is 2.35.